The monoisotopic (exact) mass is 486 g/mol. The zero-order valence-corrected chi connectivity index (χ0v) is 20.1. The standard InChI is InChI=1S/C24H30N4O5S/c1-25(20-5-3-2-4-6-20)34(32,33)23-13-7-19(8-14-23)24(29)27-17-15-26(16-18-27)21-9-11-22(12-10-21)28(30)31/h7-14,20H,2-6,15-18H2,1H3. The fourth-order valence-electron chi connectivity index (χ4n) is 4.71. The number of carbonyl (C=O) groups excluding carboxylic acids is 1. The van der Waals surface area contributed by atoms with Gasteiger partial charge in [-0.3, -0.25) is 14.9 Å². The van der Waals surface area contributed by atoms with Gasteiger partial charge in [0.1, 0.15) is 0 Å². The molecule has 9 nitrogen and oxygen atoms in total. The number of nitro benzene ring substituents is 1. The third-order valence-corrected chi connectivity index (χ3v) is 8.78. The van der Waals surface area contributed by atoms with E-state index in [1.807, 2.05) is 0 Å². The summed E-state index contributed by atoms with van der Waals surface area (Å²) in [5.41, 5.74) is 1.39. The van der Waals surface area contributed by atoms with Crippen molar-refractivity contribution in [3.63, 3.8) is 0 Å². The lowest BCUT2D eigenvalue weighted by Gasteiger charge is -2.36. The predicted octanol–water partition coefficient (Wildman–Crippen LogP) is 3.51. The van der Waals surface area contributed by atoms with Gasteiger partial charge < -0.3 is 9.80 Å². The van der Waals surface area contributed by atoms with E-state index >= 15 is 0 Å². The van der Waals surface area contributed by atoms with Crippen LogP contribution in [0.1, 0.15) is 42.5 Å². The molecule has 182 valence electrons. The van der Waals surface area contributed by atoms with Crippen molar-refractivity contribution in [2.75, 3.05) is 38.1 Å². The summed E-state index contributed by atoms with van der Waals surface area (Å²) in [4.78, 5) is 27.4. The minimum atomic E-state index is -3.59. The van der Waals surface area contributed by atoms with Gasteiger partial charge in [-0.05, 0) is 49.2 Å². The first-order valence-electron chi connectivity index (χ1n) is 11.6. The second-order valence-electron chi connectivity index (χ2n) is 8.89. The molecule has 1 aliphatic heterocycles. The normalized spacial score (nSPS) is 17.7. The summed E-state index contributed by atoms with van der Waals surface area (Å²) in [7, 11) is -1.95. The molecule has 34 heavy (non-hydrogen) atoms. The lowest BCUT2D eigenvalue weighted by atomic mass is 9.96. The number of amides is 1. The molecule has 0 atom stereocenters. The van der Waals surface area contributed by atoms with Crippen LogP contribution in [0.2, 0.25) is 0 Å². The minimum Gasteiger partial charge on any atom is -0.368 e. The first-order chi connectivity index (χ1) is 16.3. The third-order valence-electron chi connectivity index (χ3n) is 6.86. The average molecular weight is 487 g/mol. The minimum absolute atomic E-state index is 0.0344. The number of hydrogen-bond acceptors (Lipinski definition) is 6. The van der Waals surface area contributed by atoms with Gasteiger partial charge >= 0.3 is 0 Å². The molecule has 1 aliphatic carbocycles. The highest BCUT2D eigenvalue weighted by atomic mass is 32.2. The molecule has 2 fully saturated rings. The summed E-state index contributed by atoms with van der Waals surface area (Å²) in [6, 6.07) is 12.7. The van der Waals surface area contributed by atoms with E-state index in [4.69, 9.17) is 0 Å². The van der Waals surface area contributed by atoms with Crippen molar-refractivity contribution in [3.05, 3.63) is 64.2 Å². The van der Waals surface area contributed by atoms with E-state index in [0.717, 1.165) is 37.8 Å². The van der Waals surface area contributed by atoms with Crippen LogP contribution in [0.15, 0.2) is 53.4 Å². The van der Waals surface area contributed by atoms with Crippen LogP contribution in [0.4, 0.5) is 11.4 Å². The highest BCUT2D eigenvalue weighted by Crippen LogP contribution is 2.27. The molecule has 0 bridgehead atoms. The molecule has 1 heterocycles. The van der Waals surface area contributed by atoms with Crippen LogP contribution in [0.25, 0.3) is 0 Å². The SMILES string of the molecule is CN(C1CCCCC1)S(=O)(=O)c1ccc(C(=O)N2CCN(c3ccc([N+](=O)[O-])cc3)CC2)cc1. The molecule has 2 aromatic rings. The van der Waals surface area contributed by atoms with Crippen LogP contribution in [0.5, 0.6) is 0 Å². The fraction of sp³-hybridized carbons (Fsp3) is 0.458. The van der Waals surface area contributed by atoms with E-state index in [9.17, 15) is 23.3 Å². The Balaban J connectivity index is 1.37. The van der Waals surface area contributed by atoms with Gasteiger partial charge in [0.2, 0.25) is 10.0 Å². The fourth-order valence-corrected chi connectivity index (χ4v) is 6.13. The lowest BCUT2D eigenvalue weighted by Crippen LogP contribution is -2.48. The zero-order valence-electron chi connectivity index (χ0n) is 19.3. The average Bonchev–Trinajstić information content (AvgIpc) is 2.88. The Kier molecular flexibility index (Phi) is 7.18. The number of nitro groups is 1. The van der Waals surface area contributed by atoms with Gasteiger partial charge in [-0.15, -0.1) is 0 Å². The Bertz CT molecular complexity index is 1120. The smallest absolute Gasteiger partial charge is 0.269 e. The molecule has 1 saturated heterocycles. The van der Waals surface area contributed by atoms with Crippen LogP contribution in [-0.4, -0.2) is 67.7 Å². The van der Waals surface area contributed by atoms with E-state index in [0.29, 0.717) is 31.7 Å². The van der Waals surface area contributed by atoms with E-state index in [-0.39, 0.29) is 22.5 Å². The van der Waals surface area contributed by atoms with Crippen molar-refractivity contribution < 1.29 is 18.1 Å². The molecule has 1 amide bonds. The Morgan fingerprint density at radius 2 is 1.53 bits per heavy atom. The maximum absolute atomic E-state index is 13.0. The molecule has 4 rings (SSSR count). The predicted molar refractivity (Wildman–Crippen MR) is 129 cm³/mol. The van der Waals surface area contributed by atoms with Gasteiger partial charge in [-0.1, -0.05) is 19.3 Å². The maximum atomic E-state index is 13.0. The number of rotatable bonds is 6. The lowest BCUT2D eigenvalue weighted by molar-refractivity contribution is -0.384. The van der Waals surface area contributed by atoms with E-state index in [1.165, 1.54) is 28.6 Å². The van der Waals surface area contributed by atoms with Crippen LogP contribution in [0, 0.1) is 10.1 Å². The van der Waals surface area contributed by atoms with E-state index in [1.54, 1.807) is 36.2 Å². The molecule has 2 aromatic carbocycles. The summed E-state index contributed by atoms with van der Waals surface area (Å²) in [6.45, 7) is 2.25. The number of piperazine rings is 1. The van der Waals surface area contributed by atoms with E-state index in [2.05, 4.69) is 4.90 Å². The van der Waals surface area contributed by atoms with Crippen LogP contribution >= 0.6 is 0 Å². The number of anilines is 1. The molecule has 0 spiro atoms. The summed E-state index contributed by atoms with van der Waals surface area (Å²) >= 11 is 0. The second kappa shape index (κ2) is 10.1. The zero-order chi connectivity index (χ0) is 24.3. The Hall–Kier alpha value is -2.98. The maximum Gasteiger partial charge on any atom is 0.269 e. The molecule has 0 aromatic heterocycles. The van der Waals surface area contributed by atoms with Crippen molar-refractivity contribution in [2.45, 2.75) is 43.0 Å². The van der Waals surface area contributed by atoms with Crippen LogP contribution < -0.4 is 4.90 Å². The first kappa shape index (κ1) is 24.2. The highest BCUT2D eigenvalue weighted by Gasteiger charge is 2.29. The summed E-state index contributed by atoms with van der Waals surface area (Å²) < 4.78 is 27.5. The van der Waals surface area contributed by atoms with Gasteiger partial charge in [0.05, 0.1) is 9.82 Å². The van der Waals surface area contributed by atoms with Gasteiger partial charge in [0, 0.05) is 62.7 Å². The van der Waals surface area contributed by atoms with Gasteiger partial charge in [0.15, 0.2) is 0 Å². The Morgan fingerprint density at radius 1 is 0.941 bits per heavy atom. The Labute approximate surface area is 200 Å². The summed E-state index contributed by atoms with van der Waals surface area (Å²) in [5.74, 6) is -0.132. The number of nitrogens with zero attached hydrogens (tertiary/aromatic N) is 4. The number of carbonyl (C=O) groups is 1. The van der Waals surface area contributed by atoms with E-state index < -0.39 is 14.9 Å². The molecule has 0 N–H and O–H groups in total. The summed E-state index contributed by atoms with van der Waals surface area (Å²) in [5, 5.41) is 10.8. The largest absolute Gasteiger partial charge is 0.368 e. The van der Waals surface area contributed by atoms with Crippen molar-refractivity contribution in [1.29, 1.82) is 0 Å². The molecule has 1 saturated carbocycles. The molecule has 2 aliphatic rings. The first-order valence-corrected chi connectivity index (χ1v) is 13.1. The topological polar surface area (TPSA) is 104 Å². The van der Waals surface area contributed by atoms with Crippen molar-refractivity contribution in [1.82, 2.24) is 9.21 Å². The van der Waals surface area contributed by atoms with Crippen molar-refractivity contribution >= 4 is 27.3 Å². The van der Waals surface area contributed by atoms with Crippen LogP contribution in [-0.2, 0) is 10.0 Å². The third kappa shape index (κ3) is 5.07. The quantitative estimate of drug-likeness (QED) is 0.457. The number of benzene rings is 2. The van der Waals surface area contributed by atoms with Gasteiger partial charge in [-0.2, -0.15) is 4.31 Å². The summed E-state index contributed by atoms with van der Waals surface area (Å²) in [6.07, 6.45) is 5.03. The molecule has 10 heteroatoms. The molecule has 0 unspecified atom stereocenters. The molecular weight excluding hydrogens is 456 g/mol. The number of sulfonamides is 1. The second-order valence-corrected chi connectivity index (χ2v) is 10.9. The van der Waals surface area contributed by atoms with Gasteiger partial charge in [0.25, 0.3) is 11.6 Å². The highest BCUT2D eigenvalue weighted by molar-refractivity contribution is 7.89. The molecular formula is C24H30N4O5S. The van der Waals surface area contributed by atoms with Crippen molar-refractivity contribution in [3.8, 4) is 0 Å². The van der Waals surface area contributed by atoms with Crippen molar-refractivity contribution in [2.24, 2.45) is 0 Å². The number of hydrogen-bond donors (Lipinski definition) is 0. The Morgan fingerprint density at radius 3 is 2.09 bits per heavy atom. The molecule has 0 radical (unpaired) electrons. The van der Waals surface area contributed by atoms with Crippen LogP contribution in [0.3, 0.4) is 0 Å². The number of non-ortho nitro benzene ring substituents is 1. The van der Waals surface area contributed by atoms with Gasteiger partial charge in [-0.25, -0.2) is 8.42 Å².